The van der Waals surface area contributed by atoms with Crippen LogP contribution in [-0.4, -0.2) is 9.13 Å². The number of nitrogens with zero attached hydrogens (tertiary/aromatic N) is 2. The molecule has 0 aliphatic heterocycles. The van der Waals surface area contributed by atoms with E-state index in [0.29, 0.717) is 0 Å². The van der Waals surface area contributed by atoms with E-state index in [9.17, 15) is 0 Å². The van der Waals surface area contributed by atoms with E-state index in [-0.39, 0.29) is 0 Å². The summed E-state index contributed by atoms with van der Waals surface area (Å²) in [6.07, 6.45) is 0. The fourth-order valence-corrected chi connectivity index (χ4v) is 10.1. The number of fused-ring (bicyclic) bond motifs is 9. The Morgan fingerprint density at radius 2 is 0.684 bits per heavy atom. The van der Waals surface area contributed by atoms with Crippen LogP contribution >= 0.6 is 0 Å². The van der Waals surface area contributed by atoms with Crippen molar-refractivity contribution in [3.63, 3.8) is 0 Å². The molecular formula is C55H36N2. The molecule has 57 heavy (non-hydrogen) atoms. The minimum Gasteiger partial charge on any atom is -0.309 e. The van der Waals surface area contributed by atoms with Crippen LogP contribution in [0, 0.1) is 0 Å². The van der Waals surface area contributed by atoms with E-state index in [0.717, 1.165) is 16.9 Å². The Labute approximate surface area is 331 Å². The van der Waals surface area contributed by atoms with Crippen LogP contribution in [0.5, 0.6) is 0 Å². The molecule has 1 aliphatic carbocycles. The zero-order chi connectivity index (χ0) is 37.5. The minimum atomic E-state index is -0.482. The van der Waals surface area contributed by atoms with Crippen molar-refractivity contribution in [2.24, 2.45) is 0 Å². The standard InChI is InChI=1S/C55H36N2/c1-2-18-39(19-3-1)55(49-27-10-4-21-43(49)44-22-5-11-28-50(44)55)40-20-16-17-37(33-40)38-34-41(56-51-29-12-6-23-45(51)46-24-7-13-30-52(46)56)36-42(35-38)57-53-31-14-8-25-47(53)48-26-9-15-32-54(48)57/h1-36H. The lowest BCUT2D eigenvalue weighted by Gasteiger charge is -2.34. The number of rotatable bonds is 5. The summed E-state index contributed by atoms with van der Waals surface area (Å²) in [6, 6.07) is 80.7. The summed E-state index contributed by atoms with van der Waals surface area (Å²) in [7, 11) is 0. The summed E-state index contributed by atoms with van der Waals surface area (Å²) in [5.41, 5.74) is 16.6. The molecule has 0 radical (unpaired) electrons. The van der Waals surface area contributed by atoms with Crippen molar-refractivity contribution in [2.75, 3.05) is 0 Å². The number of hydrogen-bond acceptors (Lipinski definition) is 0. The van der Waals surface area contributed by atoms with Crippen molar-refractivity contribution in [3.8, 4) is 33.6 Å². The fraction of sp³-hybridized carbons (Fsp3) is 0.0182. The van der Waals surface area contributed by atoms with E-state index in [1.165, 1.54) is 82.6 Å². The summed E-state index contributed by atoms with van der Waals surface area (Å²) >= 11 is 0. The van der Waals surface area contributed by atoms with Gasteiger partial charge in [0.2, 0.25) is 0 Å². The normalized spacial score (nSPS) is 13.1. The molecule has 0 unspecified atom stereocenters. The highest BCUT2D eigenvalue weighted by Gasteiger charge is 2.45. The molecule has 11 aromatic rings. The topological polar surface area (TPSA) is 9.86 Å². The molecule has 0 saturated heterocycles. The number of benzene rings is 9. The average molecular weight is 725 g/mol. The molecule has 12 rings (SSSR count). The van der Waals surface area contributed by atoms with Crippen LogP contribution < -0.4 is 0 Å². The maximum atomic E-state index is 2.45. The monoisotopic (exact) mass is 724 g/mol. The number of hydrogen-bond donors (Lipinski definition) is 0. The van der Waals surface area contributed by atoms with Gasteiger partial charge in [-0.2, -0.15) is 0 Å². The molecule has 2 nitrogen and oxygen atoms in total. The van der Waals surface area contributed by atoms with Crippen molar-refractivity contribution < 1.29 is 0 Å². The molecule has 2 heteroatoms. The van der Waals surface area contributed by atoms with Gasteiger partial charge in [-0.1, -0.05) is 170 Å². The molecule has 0 fully saturated rings. The molecule has 0 saturated carbocycles. The van der Waals surface area contributed by atoms with E-state index < -0.39 is 5.41 Å². The molecule has 0 amide bonds. The second kappa shape index (κ2) is 12.3. The minimum absolute atomic E-state index is 0.482. The van der Waals surface area contributed by atoms with Crippen LogP contribution in [0.3, 0.4) is 0 Å². The highest BCUT2D eigenvalue weighted by atomic mass is 15.0. The first kappa shape index (κ1) is 31.9. The highest BCUT2D eigenvalue weighted by molar-refractivity contribution is 6.10. The van der Waals surface area contributed by atoms with Crippen LogP contribution in [0.1, 0.15) is 22.3 Å². The zero-order valence-electron chi connectivity index (χ0n) is 31.2. The first-order valence-corrected chi connectivity index (χ1v) is 19.8. The lowest BCUT2D eigenvalue weighted by Crippen LogP contribution is -2.28. The largest absolute Gasteiger partial charge is 0.309 e. The van der Waals surface area contributed by atoms with Gasteiger partial charge in [-0.3, -0.25) is 0 Å². The third-order valence-electron chi connectivity index (χ3n) is 12.4. The average Bonchev–Trinajstić information content (AvgIpc) is 3.91. The van der Waals surface area contributed by atoms with Crippen molar-refractivity contribution in [2.45, 2.75) is 5.41 Å². The molecular weight excluding hydrogens is 689 g/mol. The third-order valence-corrected chi connectivity index (χ3v) is 12.4. The second-order valence-corrected chi connectivity index (χ2v) is 15.3. The van der Waals surface area contributed by atoms with Crippen LogP contribution in [0.4, 0.5) is 0 Å². The van der Waals surface area contributed by atoms with E-state index >= 15 is 0 Å². The van der Waals surface area contributed by atoms with Crippen molar-refractivity contribution in [1.29, 1.82) is 0 Å². The molecule has 2 heterocycles. The Bertz CT molecular complexity index is 3080. The molecule has 2 aromatic heterocycles. The van der Waals surface area contributed by atoms with Gasteiger partial charge in [-0.15, -0.1) is 0 Å². The second-order valence-electron chi connectivity index (χ2n) is 15.3. The molecule has 266 valence electrons. The van der Waals surface area contributed by atoms with Crippen LogP contribution in [0.25, 0.3) is 77.2 Å². The summed E-state index contributed by atoms with van der Waals surface area (Å²) in [5, 5.41) is 5.01. The predicted molar refractivity (Wildman–Crippen MR) is 238 cm³/mol. The Balaban J connectivity index is 1.16. The van der Waals surface area contributed by atoms with Gasteiger partial charge in [0.15, 0.2) is 0 Å². The zero-order valence-corrected chi connectivity index (χ0v) is 31.2. The maximum Gasteiger partial charge on any atom is 0.0713 e. The van der Waals surface area contributed by atoms with Gasteiger partial charge < -0.3 is 9.13 Å². The summed E-state index contributed by atoms with van der Waals surface area (Å²) in [4.78, 5) is 0. The quantitative estimate of drug-likeness (QED) is 0.167. The van der Waals surface area contributed by atoms with Gasteiger partial charge in [0, 0.05) is 32.9 Å². The Kier molecular flexibility index (Phi) is 6.88. The SMILES string of the molecule is c1ccc(C2(c3cccc(-c4cc(-n5c6ccccc6c6ccccc65)cc(-n5c6ccccc6c6ccccc65)c4)c3)c3ccccc3-c3ccccc32)cc1. The van der Waals surface area contributed by atoms with Crippen molar-refractivity contribution in [3.05, 3.63) is 241 Å². The lowest BCUT2D eigenvalue weighted by atomic mass is 9.67. The molecule has 0 atom stereocenters. The maximum absolute atomic E-state index is 2.45. The van der Waals surface area contributed by atoms with Gasteiger partial charge in [-0.05, 0) is 93.0 Å². The Hall–Kier alpha value is -7.42. The molecule has 0 spiro atoms. The van der Waals surface area contributed by atoms with Gasteiger partial charge >= 0.3 is 0 Å². The molecule has 0 N–H and O–H groups in total. The van der Waals surface area contributed by atoms with Crippen molar-refractivity contribution >= 4 is 43.6 Å². The van der Waals surface area contributed by atoms with Gasteiger partial charge in [0.05, 0.1) is 27.5 Å². The summed E-state index contributed by atoms with van der Waals surface area (Å²) in [5.74, 6) is 0. The summed E-state index contributed by atoms with van der Waals surface area (Å²) < 4.78 is 4.90. The van der Waals surface area contributed by atoms with Gasteiger partial charge in [0.1, 0.15) is 0 Å². The molecule has 9 aromatic carbocycles. The van der Waals surface area contributed by atoms with Crippen LogP contribution in [-0.2, 0) is 5.41 Å². The van der Waals surface area contributed by atoms with E-state index in [2.05, 4.69) is 228 Å². The first-order chi connectivity index (χ1) is 28.3. The van der Waals surface area contributed by atoms with Crippen molar-refractivity contribution in [1.82, 2.24) is 9.13 Å². The predicted octanol–water partition coefficient (Wildman–Crippen LogP) is 13.9. The first-order valence-electron chi connectivity index (χ1n) is 19.8. The highest BCUT2D eigenvalue weighted by Crippen LogP contribution is 2.56. The van der Waals surface area contributed by atoms with Gasteiger partial charge in [0.25, 0.3) is 0 Å². The fourth-order valence-electron chi connectivity index (χ4n) is 10.1. The molecule has 1 aliphatic rings. The summed E-state index contributed by atoms with van der Waals surface area (Å²) in [6.45, 7) is 0. The Morgan fingerprint density at radius 3 is 1.18 bits per heavy atom. The van der Waals surface area contributed by atoms with E-state index in [1.54, 1.807) is 0 Å². The number of aromatic nitrogens is 2. The molecule has 0 bridgehead atoms. The smallest absolute Gasteiger partial charge is 0.0713 e. The number of para-hydroxylation sites is 4. The van der Waals surface area contributed by atoms with Gasteiger partial charge in [-0.25, -0.2) is 0 Å². The lowest BCUT2D eigenvalue weighted by molar-refractivity contribution is 0.769. The van der Waals surface area contributed by atoms with Crippen LogP contribution in [0.2, 0.25) is 0 Å². The van der Waals surface area contributed by atoms with E-state index in [1.807, 2.05) is 0 Å². The van der Waals surface area contributed by atoms with E-state index in [4.69, 9.17) is 0 Å². The Morgan fingerprint density at radius 1 is 0.281 bits per heavy atom. The third kappa shape index (κ3) is 4.53. The van der Waals surface area contributed by atoms with Crippen LogP contribution in [0.15, 0.2) is 218 Å².